The number of likely N-dealkylation sites (tertiary alicyclic amines) is 2. The maximum absolute atomic E-state index is 12.7. The van der Waals surface area contributed by atoms with E-state index < -0.39 is 0 Å². The Kier molecular flexibility index (Phi) is 6.45. The molecule has 5 nitrogen and oxygen atoms in total. The van der Waals surface area contributed by atoms with Crippen molar-refractivity contribution >= 4 is 5.91 Å². The van der Waals surface area contributed by atoms with Gasteiger partial charge in [0.2, 0.25) is 5.91 Å². The van der Waals surface area contributed by atoms with Gasteiger partial charge in [0.05, 0.1) is 19.3 Å². The Labute approximate surface area is 173 Å². The molecule has 3 heterocycles. The summed E-state index contributed by atoms with van der Waals surface area (Å²) in [6, 6.07) is 14.3. The van der Waals surface area contributed by atoms with Crippen LogP contribution < -0.4 is 4.74 Å². The summed E-state index contributed by atoms with van der Waals surface area (Å²) in [4.78, 5) is 22.0. The zero-order valence-electron chi connectivity index (χ0n) is 17.3. The van der Waals surface area contributed by atoms with Gasteiger partial charge in [-0.15, -0.1) is 0 Å². The number of hydrogen-bond acceptors (Lipinski definition) is 4. The van der Waals surface area contributed by atoms with Gasteiger partial charge in [0.1, 0.15) is 5.75 Å². The van der Waals surface area contributed by atoms with Crippen LogP contribution in [0.25, 0.3) is 11.3 Å². The minimum atomic E-state index is 0.297. The summed E-state index contributed by atoms with van der Waals surface area (Å²) in [7, 11) is 1.68. The minimum Gasteiger partial charge on any atom is -0.497 e. The van der Waals surface area contributed by atoms with Crippen molar-refractivity contribution in [2.24, 2.45) is 0 Å². The quantitative estimate of drug-likeness (QED) is 0.772. The van der Waals surface area contributed by atoms with E-state index in [1.165, 1.54) is 6.42 Å². The lowest BCUT2D eigenvalue weighted by molar-refractivity contribution is -0.133. The molecule has 154 valence electrons. The van der Waals surface area contributed by atoms with Gasteiger partial charge in [0.15, 0.2) is 0 Å². The molecular weight excluding hydrogens is 362 g/mol. The molecule has 5 heteroatoms. The lowest BCUT2D eigenvalue weighted by atomic mass is 9.93. The first-order valence-corrected chi connectivity index (χ1v) is 10.8. The van der Waals surface area contributed by atoms with Crippen LogP contribution in [0.2, 0.25) is 0 Å². The van der Waals surface area contributed by atoms with Crippen LogP contribution in [-0.2, 0) is 4.79 Å². The van der Waals surface area contributed by atoms with Crippen LogP contribution in [0.1, 0.15) is 43.7 Å². The molecule has 1 unspecified atom stereocenters. The maximum atomic E-state index is 12.7. The van der Waals surface area contributed by atoms with Gasteiger partial charge in [-0.2, -0.15) is 0 Å². The highest BCUT2D eigenvalue weighted by Gasteiger charge is 2.26. The summed E-state index contributed by atoms with van der Waals surface area (Å²) in [5.41, 5.74) is 3.22. The number of carbonyl (C=O) groups excluding carboxylic acids is 1. The van der Waals surface area contributed by atoms with E-state index in [9.17, 15) is 4.79 Å². The number of nitrogens with zero attached hydrogens (tertiary/aromatic N) is 3. The Morgan fingerprint density at radius 1 is 1.03 bits per heavy atom. The van der Waals surface area contributed by atoms with Crippen LogP contribution in [-0.4, -0.2) is 60.5 Å². The molecule has 0 spiro atoms. The molecule has 0 radical (unpaired) electrons. The molecule has 0 saturated carbocycles. The molecule has 2 aliphatic heterocycles. The lowest BCUT2D eigenvalue weighted by Gasteiger charge is -2.34. The first-order valence-electron chi connectivity index (χ1n) is 10.8. The third-order valence-corrected chi connectivity index (χ3v) is 6.15. The fourth-order valence-electron chi connectivity index (χ4n) is 4.48. The molecule has 1 aromatic carbocycles. The Hall–Kier alpha value is -2.40. The van der Waals surface area contributed by atoms with Gasteiger partial charge in [0, 0.05) is 36.8 Å². The van der Waals surface area contributed by atoms with Gasteiger partial charge in [-0.25, -0.2) is 0 Å². The fourth-order valence-corrected chi connectivity index (χ4v) is 4.48. The number of ether oxygens (including phenoxy) is 1. The van der Waals surface area contributed by atoms with E-state index in [-0.39, 0.29) is 0 Å². The van der Waals surface area contributed by atoms with E-state index in [1.54, 1.807) is 7.11 Å². The van der Waals surface area contributed by atoms with Gasteiger partial charge >= 0.3 is 0 Å². The average molecular weight is 394 g/mol. The zero-order chi connectivity index (χ0) is 20.1. The van der Waals surface area contributed by atoms with Crippen LogP contribution in [0.3, 0.4) is 0 Å². The predicted molar refractivity (Wildman–Crippen MR) is 115 cm³/mol. The van der Waals surface area contributed by atoms with Crippen molar-refractivity contribution in [3.8, 4) is 17.0 Å². The van der Waals surface area contributed by atoms with E-state index >= 15 is 0 Å². The molecule has 1 amide bonds. The molecular formula is C24H31N3O2. The number of hydrogen-bond donors (Lipinski definition) is 0. The van der Waals surface area contributed by atoms with Crippen molar-refractivity contribution in [2.75, 3.05) is 39.8 Å². The molecule has 2 fully saturated rings. The van der Waals surface area contributed by atoms with Crippen LogP contribution in [0.15, 0.2) is 42.5 Å². The highest BCUT2D eigenvalue weighted by Crippen LogP contribution is 2.28. The standard InChI is InChI=1S/C24H31N3O2/c1-29-21-12-10-19(11-13-21)22-8-5-9-23(25-22)20-7-6-14-26(17-20)18-24(28)27-15-3-2-4-16-27/h5,8-13,20H,2-4,6-7,14-18H2,1H3. The zero-order valence-corrected chi connectivity index (χ0v) is 17.3. The summed E-state index contributed by atoms with van der Waals surface area (Å²) < 4.78 is 5.25. The molecule has 2 aromatic rings. The first-order chi connectivity index (χ1) is 14.2. The van der Waals surface area contributed by atoms with Crippen molar-refractivity contribution < 1.29 is 9.53 Å². The largest absolute Gasteiger partial charge is 0.497 e. The van der Waals surface area contributed by atoms with Gasteiger partial charge in [-0.05, 0) is 75.0 Å². The Morgan fingerprint density at radius 2 is 1.83 bits per heavy atom. The third kappa shape index (κ3) is 4.96. The van der Waals surface area contributed by atoms with E-state index in [1.807, 2.05) is 12.1 Å². The van der Waals surface area contributed by atoms with Crippen molar-refractivity contribution in [3.63, 3.8) is 0 Å². The third-order valence-electron chi connectivity index (χ3n) is 6.15. The van der Waals surface area contributed by atoms with Crippen LogP contribution in [0, 0.1) is 0 Å². The number of pyridine rings is 1. The molecule has 0 N–H and O–H groups in total. The Bertz CT molecular complexity index is 815. The van der Waals surface area contributed by atoms with E-state index in [0.717, 1.165) is 74.6 Å². The molecule has 29 heavy (non-hydrogen) atoms. The van der Waals surface area contributed by atoms with Gasteiger partial charge in [-0.3, -0.25) is 14.7 Å². The van der Waals surface area contributed by atoms with E-state index in [0.29, 0.717) is 18.4 Å². The van der Waals surface area contributed by atoms with Crippen molar-refractivity contribution in [2.45, 2.75) is 38.0 Å². The van der Waals surface area contributed by atoms with E-state index in [2.05, 4.69) is 40.1 Å². The summed E-state index contributed by atoms with van der Waals surface area (Å²) in [5.74, 6) is 1.53. The van der Waals surface area contributed by atoms with Gasteiger partial charge in [-0.1, -0.05) is 6.07 Å². The number of amides is 1. The number of piperidine rings is 2. The predicted octanol–water partition coefficient (Wildman–Crippen LogP) is 3.95. The highest BCUT2D eigenvalue weighted by atomic mass is 16.5. The van der Waals surface area contributed by atoms with Gasteiger partial charge in [0.25, 0.3) is 0 Å². The fraction of sp³-hybridized carbons (Fsp3) is 0.500. The Morgan fingerprint density at radius 3 is 2.59 bits per heavy atom. The summed E-state index contributed by atoms with van der Waals surface area (Å²) >= 11 is 0. The van der Waals surface area contributed by atoms with Crippen LogP contribution in [0.5, 0.6) is 5.75 Å². The van der Waals surface area contributed by atoms with Gasteiger partial charge < -0.3 is 9.64 Å². The average Bonchev–Trinajstić information content (AvgIpc) is 2.80. The summed E-state index contributed by atoms with van der Waals surface area (Å²) in [6.45, 7) is 4.34. The topological polar surface area (TPSA) is 45.7 Å². The monoisotopic (exact) mass is 393 g/mol. The SMILES string of the molecule is COc1ccc(-c2cccc(C3CCCN(CC(=O)N4CCCCC4)C3)n2)cc1. The Balaban J connectivity index is 1.41. The molecule has 2 aliphatic rings. The number of benzene rings is 1. The molecule has 0 bridgehead atoms. The number of aromatic nitrogens is 1. The van der Waals surface area contributed by atoms with Crippen molar-refractivity contribution in [1.82, 2.24) is 14.8 Å². The second kappa shape index (κ2) is 9.40. The van der Waals surface area contributed by atoms with E-state index in [4.69, 9.17) is 9.72 Å². The first kappa shape index (κ1) is 19.9. The number of methoxy groups -OCH3 is 1. The molecule has 0 aliphatic carbocycles. The van der Waals surface area contributed by atoms with Crippen molar-refractivity contribution in [1.29, 1.82) is 0 Å². The normalized spacial score (nSPS) is 20.4. The number of carbonyl (C=O) groups is 1. The van der Waals surface area contributed by atoms with Crippen LogP contribution in [0.4, 0.5) is 0 Å². The minimum absolute atomic E-state index is 0.297. The molecule has 2 saturated heterocycles. The maximum Gasteiger partial charge on any atom is 0.236 e. The molecule has 1 aromatic heterocycles. The second-order valence-corrected chi connectivity index (χ2v) is 8.19. The summed E-state index contributed by atoms with van der Waals surface area (Å²) in [6.07, 6.45) is 5.80. The second-order valence-electron chi connectivity index (χ2n) is 8.19. The lowest BCUT2D eigenvalue weighted by Crippen LogP contribution is -2.45. The smallest absolute Gasteiger partial charge is 0.236 e. The number of rotatable bonds is 5. The molecule has 1 atom stereocenters. The molecule has 4 rings (SSSR count). The highest BCUT2D eigenvalue weighted by molar-refractivity contribution is 5.78. The van der Waals surface area contributed by atoms with Crippen molar-refractivity contribution in [3.05, 3.63) is 48.2 Å². The van der Waals surface area contributed by atoms with Crippen LogP contribution >= 0.6 is 0 Å². The summed E-state index contributed by atoms with van der Waals surface area (Å²) in [5, 5.41) is 0.